The van der Waals surface area contributed by atoms with E-state index >= 15 is 0 Å². The van der Waals surface area contributed by atoms with E-state index < -0.39 is 5.56 Å². The molecular formula is C18H18N2O2. The molecule has 22 heavy (non-hydrogen) atoms. The predicted octanol–water partition coefficient (Wildman–Crippen LogP) is 3.10. The monoisotopic (exact) mass is 294 g/mol. The molecule has 0 saturated heterocycles. The lowest BCUT2D eigenvalue weighted by molar-refractivity contribution is -0.117. The van der Waals surface area contributed by atoms with Gasteiger partial charge in [-0.15, -0.1) is 0 Å². The summed E-state index contributed by atoms with van der Waals surface area (Å²) in [6.45, 7) is 5.62. The minimum absolute atomic E-state index is 0.0321. The first-order valence-electron chi connectivity index (χ1n) is 7.17. The number of pyridine rings is 1. The van der Waals surface area contributed by atoms with Gasteiger partial charge >= 0.3 is 0 Å². The van der Waals surface area contributed by atoms with Crippen LogP contribution in [0.1, 0.15) is 37.8 Å². The third kappa shape index (κ3) is 3.15. The Labute approximate surface area is 129 Å². The van der Waals surface area contributed by atoms with Crippen LogP contribution in [0.15, 0.2) is 41.2 Å². The third-order valence-corrected chi connectivity index (χ3v) is 3.55. The summed E-state index contributed by atoms with van der Waals surface area (Å²) in [6.07, 6.45) is 0. The van der Waals surface area contributed by atoms with E-state index in [1.807, 2.05) is 30.3 Å². The van der Waals surface area contributed by atoms with Gasteiger partial charge in [0.15, 0.2) is 0 Å². The maximum absolute atomic E-state index is 12.3. The molecule has 1 aromatic carbocycles. The van der Waals surface area contributed by atoms with Gasteiger partial charge in [-0.05, 0) is 36.1 Å². The summed E-state index contributed by atoms with van der Waals surface area (Å²) in [5.74, 6) is 0.298. The van der Waals surface area contributed by atoms with E-state index in [1.165, 1.54) is 23.1 Å². The number of nitrogens with zero attached hydrogens (tertiary/aromatic N) is 2. The topological polar surface area (TPSA) is 62.9 Å². The molecule has 0 saturated carbocycles. The Morgan fingerprint density at radius 3 is 2.32 bits per heavy atom. The number of nitriles is 1. The first-order chi connectivity index (χ1) is 10.4. The number of carbonyl (C=O) groups excluding carboxylic acids is 1. The van der Waals surface area contributed by atoms with Crippen molar-refractivity contribution in [2.75, 3.05) is 0 Å². The fourth-order valence-electron chi connectivity index (χ4n) is 2.33. The number of Topliss-reactive ketones (excluding diaryl/α,β-unsaturated/α-hetero) is 1. The lowest BCUT2D eigenvalue weighted by atomic mass is 10.0. The summed E-state index contributed by atoms with van der Waals surface area (Å²) in [4.78, 5) is 23.7. The molecule has 0 spiro atoms. The average Bonchev–Trinajstić information content (AvgIpc) is 2.49. The summed E-state index contributed by atoms with van der Waals surface area (Å²) in [5, 5.41) is 8.99. The molecule has 0 atom stereocenters. The van der Waals surface area contributed by atoms with Crippen molar-refractivity contribution in [3.63, 3.8) is 0 Å². The van der Waals surface area contributed by atoms with Gasteiger partial charge in [0.1, 0.15) is 17.4 Å². The second kappa shape index (κ2) is 6.40. The Kier molecular flexibility index (Phi) is 4.57. The molecule has 112 valence electrons. The zero-order chi connectivity index (χ0) is 16.3. The van der Waals surface area contributed by atoms with Gasteiger partial charge in [-0.2, -0.15) is 5.26 Å². The fourth-order valence-corrected chi connectivity index (χ4v) is 2.33. The van der Waals surface area contributed by atoms with Crippen molar-refractivity contribution in [1.29, 1.82) is 5.26 Å². The molecule has 4 heteroatoms. The number of ketones is 1. The quantitative estimate of drug-likeness (QED) is 0.870. The highest BCUT2D eigenvalue weighted by atomic mass is 16.1. The average molecular weight is 294 g/mol. The largest absolute Gasteiger partial charge is 0.300 e. The smallest absolute Gasteiger partial charge is 0.269 e. The van der Waals surface area contributed by atoms with Crippen molar-refractivity contribution in [2.45, 2.75) is 33.2 Å². The van der Waals surface area contributed by atoms with Crippen molar-refractivity contribution < 1.29 is 4.79 Å². The minimum atomic E-state index is -0.428. The summed E-state index contributed by atoms with van der Waals surface area (Å²) in [6, 6.07) is 13.0. The molecule has 2 aromatic rings. The van der Waals surface area contributed by atoms with Gasteiger partial charge in [0, 0.05) is 0 Å². The molecule has 0 aliphatic rings. The molecule has 1 aromatic heterocycles. The van der Waals surface area contributed by atoms with Gasteiger partial charge in [0.2, 0.25) is 0 Å². The second-order valence-corrected chi connectivity index (χ2v) is 5.61. The van der Waals surface area contributed by atoms with E-state index in [1.54, 1.807) is 6.07 Å². The number of rotatable bonds is 4. The van der Waals surface area contributed by atoms with E-state index in [9.17, 15) is 9.59 Å². The van der Waals surface area contributed by atoms with E-state index in [-0.39, 0.29) is 17.9 Å². The van der Waals surface area contributed by atoms with Crippen LogP contribution in [0.5, 0.6) is 0 Å². The van der Waals surface area contributed by atoms with E-state index in [0.717, 1.165) is 5.56 Å². The molecule has 0 bridgehead atoms. The SMILES string of the molecule is CC(=O)Cn1c(-c2ccc(C(C)C)cc2)ccc(C#N)c1=O. The maximum atomic E-state index is 12.3. The molecule has 0 amide bonds. The zero-order valence-corrected chi connectivity index (χ0v) is 13.0. The van der Waals surface area contributed by atoms with Gasteiger partial charge in [-0.3, -0.25) is 14.2 Å². The van der Waals surface area contributed by atoms with Crippen LogP contribution in [0.2, 0.25) is 0 Å². The molecule has 0 unspecified atom stereocenters. The Hall–Kier alpha value is -2.67. The van der Waals surface area contributed by atoms with E-state index in [0.29, 0.717) is 11.6 Å². The summed E-state index contributed by atoms with van der Waals surface area (Å²) in [5.41, 5.74) is 2.33. The van der Waals surface area contributed by atoms with Crippen LogP contribution in [-0.4, -0.2) is 10.4 Å². The molecule has 1 heterocycles. The van der Waals surface area contributed by atoms with Crippen LogP contribution in [0.4, 0.5) is 0 Å². The maximum Gasteiger partial charge on any atom is 0.269 e. The highest BCUT2D eigenvalue weighted by Crippen LogP contribution is 2.22. The first kappa shape index (κ1) is 15.7. The van der Waals surface area contributed by atoms with Crippen molar-refractivity contribution in [2.24, 2.45) is 0 Å². The zero-order valence-electron chi connectivity index (χ0n) is 13.0. The number of aromatic nitrogens is 1. The number of hydrogen-bond acceptors (Lipinski definition) is 3. The third-order valence-electron chi connectivity index (χ3n) is 3.55. The highest BCUT2D eigenvalue weighted by Gasteiger charge is 2.12. The van der Waals surface area contributed by atoms with Crippen LogP contribution in [0.25, 0.3) is 11.3 Å². The summed E-state index contributed by atoms with van der Waals surface area (Å²) in [7, 11) is 0. The second-order valence-electron chi connectivity index (χ2n) is 5.61. The highest BCUT2D eigenvalue weighted by molar-refractivity contribution is 5.76. The Balaban J connectivity index is 2.59. The minimum Gasteiger partial charge on any atom is -0.300 e. The van der Waals surface area contributed by atoms with Crippen LogP contribution in [0, 0.1) is 11.3 Å². The number of hydrogen-bond donors (Lipinski definition) is 0. The molecule has 0 aliphatic carbocycles. The van der Waals surface area contributed by atoms with E-state index in [2.05, 4.69) is 13.8 Å². The standard InChI is InChI=1S/C18H18N2O2/c1-12(2)14-4-6-15(7-5-14)17-9-8-16(10-19)18(22)20(17)11-13(3)21/h4-9,12H,11H2,1-3H3. The normalized spacial score (nSPS) is 10.5. The Morgan fingerprint density at radius 1 is 1.18 bits per heavy atom. The molecule has 0 aliphatic heterocycles. The molecule has 2 rings (SSSR count). The Bertz CT molecular complexity index is 793. The molecule has 0 radical (unpaired) electrons. The van der Waals surface area contributed by atoms with Crippen LogP contribution >= 0.6 is 0 Å². The molecule has 0 N–H and O–H groups in total. The van der Waals surface area contributed by atoms with Gasteiger partial charge in [-0.1, -0.05) is 38.1 Å². The van der Waals surface area contributed by atoms with Gasteiger partial charge < -0.3 is 0 Å². The van der Waals surface area contributed by atoms with E-state index in [4.69, 9.17) is 5.26 Å². The van der Waals surface area contributed by atoms with Crippen molar-refractivity contribution in [1.82, 2.24) is 4.57 Å². The molecule has 4 nitrogen and oxygen atoms in total. The van der Waals surface area contributed by atoms with Crippen molar-refractivity contribution in [3.05, 3.63) is 57.9 Å². The predicted molar refractivity (Wildman–Crippen MR) is 85.6 cm³/mol. The Morgan fingerprint density at radius 2 is 1.82 bits per heavy atom. The van der Waals surface area contributed by atoms with Gasteiger partial charge in [-0.25, -0.2) is 0 Å². The van der Waals surface area contributed by atoms with Crippen LogP contribution in [-0.2, 0) is 11.3 Å². The van der Waals surface area contributed by atoms with Crippen molar-refractivity contribution >= 4 is 5.78 Å². The first-order valence-corrected chi connectivity index (χ1v) is 7.17. The van der Waals surface area contributed by atoms with Gasteiger partial charge in [0.25, 0.3) is 5.56 Å². The molecular weight excluding hydrogens is 276 g/mol. The van der Waals surface area contributed by atoms with Crippen LogP contribution < -0.4 is 5.56 Å². The summed E-state index contributed by atoms with van der Waals surface area (Å²) >= 11 is 0. The number of carbonyl (C=O) groups is 1. The lowest BCUT2D eigenvalue weighted by Gasteiger charge is -2.13. The molecule has 0 fully saturated rings. The number of benzene rings is 1. The summed E-state index contributed by atoms with van der Waals surface area (Å²) < 4.78 is 1.37. The lowest BCUT2D eigenvalue weighted by Crippen LogP contribution is -2.26. The van der Waals surface area contributed by atoms with Crippen LogP contribution in [0.3, 0.4) is 0 Å². The van der Waals surface area contributed by atoms with Crippen molar-refractivity contribution in [3.8, 4) is 17.3 Å². The fraction of sp³-hybridized carbons (Fsp3) is 0.278. The van der Waals surface area contributed by atoms with Gasteiger partial charge in [0.05, 0.1) is 12.2 Å².